The Kier molecular flexibility index (Phi) is 5.97. The summed E-state index contributed by atoms with van der Waals surface area (Å²) in [5.41, 5.74) is 2.78. The van der Waals surface area contributed by atoms with Gasteiger partial charge < -0.3 is 9.67 Å². The number of benzene rings is 2. The molecule has 4 nitrogen and oxygen atoms in total. The molecule has 0 bridgehead atoms. The van der Waals surface area contributed by atoms with E-state index in [2.05, 4.69) is 23.4 Å². The fraction of sp³-hybridized carbons (Fsp3) is 0.231. The van der Waals surface area contributed by atoms with E-state index in [0.29, 0.717) is 11.5 Å². The van der Waals surface area contributed by atoms with Gasteiger partial charge in [0.2, 0.25) is 0 Å². The second-order valence-corrected chi connectivity index (χ2v) is 8.50. The van der Waals surface area contributed by atoms with Crippen molar-refractivity contribution in [1.82, 2.24) is 9.55 Å². The van der Waals surface area contributed by atoms with Gasteiger partial charge >= 0.3 is 12.1 Å². The predicted octanol–water partition coefficient (Wildman–Crippen LogP) is 7.06. The molecule has 0 saturated carbocycles. The summed E-state index contributed by atoms with van der Waals surface area (Å²) in [7, 11) is 0. The predicted molar refractivity (Wildman–Crippen MR) is 121 cm³/mol. The van der Waals surface area contributed by atoms with Gasteiger partial charge in [-0.1, -0.05) is 38.1 Å². The second-order valence-electron chi connectivity index (χ2n) is 8.50. The molecular formula is C26H23F3N2O2. The highest BCUT2D eigenvalue weighted by atomic mass is 19.4. The van der Waals surface area contributed by atoms with Gasteiger partial charge in [-0.2, -0.15) is 13.2 Å². The molecule has 0 aliphatic carbocycles. The van der Waals surface area contributed by atoms with E-state index in [-0.39, 0.29) is 11.7 Å². The highest BCUT2D eigenvalue weighted by Crippen LogP contribution is 2.34. The van der Waals surface area contributed by atoms with Crippen LogP contribution < -0.4 is 0 Å². The number of aromatic carboxylic acids is 1. The second kappa shape index (κ2) is 8.73. The van der Waals surface area contributed by atoms with Crippen molar-refractivity contribution in [1.29, 1.82) is 0 Å². The number of pyridine rings is 1. The molecule has 0 amide bonds. The van der Waals surface area contributed by atoms with E-state index in [1.54, 1.807) is 12.3 Å². The Labute approximate surface area is 189 Å². The van der Waals surface area contributed by atoms with E-state index in [1.165, 1.54) is 18.2 Å². The molecule has 1 unspecified atom stereocenters. The molecule has 1 N–H and O–H groups in total. The number of alkyl halides is 3. The van der Waals surface area contributed by atoms with Gasteiger partial charge in [-0.25, -0.2) is 9.78 Å². The zero-order chi connectivity index (χ0) is 23.8. The molecule has 0 saturated heterocycles. The third kappa shape index (κ3) is 4.77. The van der Waals surface area contributed by atoms with Crippen molar-refractivity contribution in [3.8, 4) is 11.1 Å². The van der Waals surface area contributed by atoms with Crippen LogP contribution >= 0.6 is 0 Å². The zero-order valence-electron chi connectivity index (χ0n) is 18.2. The lowest BCUT2D eigenvalue weighted by Gasteiger charge is -2.22. The minimum Gasteiger partial charge on any atom is -0.477 e. The van der Waals surface area contributed by atoms with Gasteiger partial charge in [-0.05, 0) is 65.4 Å². The van der Waals surface area contributed by atoms with Gasteiger partial charge in [-0.15, -0.1) is 0 Å². The van der Waals surface area contributed by atoms with Crippen LogP contribution in [0.25, 0.3) is 22.0 Å². The molecule has 4 aromatic rings. The molecule has 0 aliphatic heterocycles. The first-order chi connectivity index (χ1) is 15.6. The number of carbonyl (C=O) groups is 1. The van der Waals surface area contributed by atoms with E-state index in [0.717, 1.165) is 40.6 Å². The number of hydrogen-bond donors (Lipinski definition) is 1. The van der Waals surface area contributed by atoms with Gasteiger partial charge in [0.15, 0.2) is 0 Å². The Hall–Kier alpha value is -3.61. The lowest BCUT2D eigenvalue weighted by atomic mass is 9.97. The Morgan fingerprint density at radius 1 is 1.00 bits per heavy atom. The molecular weight excluding hydrogens is 429 g/mol. The lowest BCUT2D eigenvalue weighted by Crippen LogP contribution is -2.13. The number of rotatable bonds is 6. The van der Waals surface area contributed by atoms with Crippen molar-refractivity contribution >= 4 is 16.9 Å². The van der Waals surface area contributed by atoms with Crippen LogP contribution in [0.15, 0.2) is 73.1 Å². The average Bonchev–Trinajstić information content (AvgIpc) is 3.20. The molecule has 7 heteroatoms. The topological polar surface area (TPSA) is 55.1 Å². The number of hydrogen-bond acceptors (Lipinski definition) is 2. The van der Waals surface area contributed by atoms with E-state index < -0.39 is 17.7 Å². The smallest absolute Gasteiger partial charge is 0.416 e. The number of halogens is 3. The van der Waals surface area contributed by atoms with Gasteiger partial charge in [0, 0.05) is 23.3 Å². The number of carboxylic acids is 1. The summed E-state index contributed by atoms with van der Waals surface area (Å²) < 4.78 is 40.7. The van der Waals surface area contributed by atoms with Crippen LogP contribution in [-0.2, 0) is 6.18 Å². The standard InChI is InChI=1S/C26H23F3N2O2/c1-16(2)13-24(20-5-9-22(25(32)33)30-15-20)31-12-11-19-14-18(6-10-23(19)31)17-3-7-21(8-4-17)26(27,28)29/h3-12,14-16,24H,13H2,1-2H3,(H,32,33). The third-order valence-corrected chi connectivity index (χ3v) is 5.69. The Bertz CT molecular complexity index is 1270. The fourth-order valence-electron chi connectivity index (χ4n) is 4.05. The van der Waals surface area contributed by atoms with Crippen LogP contribution in [0.5, 0.6) is 0 Å². The van der Waals surface area contributed by atoms with Crippen LogP contribution in [0, 0.1) is 5.92 Å². The van der Waals surface area contributed by atoms with E-state index >= 15 is 0 Å². The molecule has 0 spiro atoms. The first kappa shape index (κ1) is 22.6. The van der Waals surface area contributed by atoms with Crippen molar-refractivity contribution < 1.29 is 23.1 Å². The largest absolute Gasteiger partial charge is 0.477 e. The van der Waals surface area contributed by atoms with Gasteiger partial charge in [-0.3, -0.25) is 0 Å². The van der Waals surface area contributed by atoms with E-state index in [1.807, 2.05) is 30.5 Å². The summed E-state index contributed by atoms with van der Waals surface area (Å²) in [6.45, 7) is 4.25. The number of fused-ring (bicyclic) bond motifs is 1. The SMILES string of the molecule is CC(C)CC(c1ccc(C(=O)O)nc1)n1ccc2cc(-c3ccc(C(F)(F)F)cc3)ccc21. The summed E-state index contributed by atoms with van der Waals surface area (Å²) in [6.07, 6.45) is 0.0689. The van der Waals surface area contributed by atoms with Crippen molar-refractivity contribution in [2.24, 2.45) is 5.92 Å². The fourth-order valence-corrected chi connectivity index (χ4v) is 4.05. The first-order valence-electron chi connectivity index (χ1n) is 10.6. The van der Waals surface area contributed by atoms with E-state index in [4.69, 9.17) is 5.11 Å². The molecule has 2 aromatic carbocycles. The van der Waals surface area contributed by atoms with Crippen molar-refractivity contribution in [3.63, 3.8) is 0 Å². The Morgan fingerprint density at radius 2 is 1.70 bits per heavy atom. The maximum absolute atomic E-state index is 12.9. The van der Waals surface area contributed by atoms with Gasteiger partial charge in [0.05, 0.1) is 11.6 Å². The van der Waals surface area contributed by atoms with E-state index in [9.17, 15) is 18.0 Å². The first-order valence-corrected chi connectivity index (χ1v) is 10.6. The quantitative estimate of drug-likeness (QED) is 0.341. The highest BCUT2D eigenvalue weighted by molar-refractivity contribution is 5.86. The van der Waals surface area contributed by atoms with Crippen molar-refractivity contribution in [3.05, 3.63) is 89.9 Å². The molecule has 2 aromatic heterocycles. The van der Waals surface area contributed by atoms with Crippen LogP contribution in [0.2, 0.25) is 0 Å². The summed E-state index contributed by atoms with van der Waals surface area (Å²) >= 11 is 0. The Balaban J connectivity index is 1.70. The summed E-state index contributed by atoms with van der Waals surface area (Å²) in [5, 5.41) is 10.1. The van der Waals surface area contributed by atoms with Crippen LogP contribution in [0.1, 0.15) is 47.9 Å². The molecule has 33 heavy (non-hydrogen) atoms. The molecule has 0 fully saturated rings. The minimum atomic E-state index is -4.36. The van der Waals surface area contributed by atoms with Gasteiger partial charge in [0.25, 0.3) is 0 Å². The van der Waals surface area contributed by atoms with Crippen molar-refractivity contribution in [2.75, 3.05) is 0 Å². The summed E-state index contributed by atoms with van der Waals surface area (Å²) in [6, 6.07) is 16.3. The van der Waals surface area contributed by atoms with Crippen molar-refractivity contribution in [2.45, 2.75) is 32.5 Å². The summed E-state index contributed by atoms with van der Waals surface area (Å²) in [4.78, 5) is 15.2. The van der Waals surface area contributed by atoms with Gasteiger partial charge in [0.1, 0.15) is 5.69 Å². The number of carboxylic acid groups (broad SMARTS) is 1. The average molecular weight is 452 g/mol. The maximum atomic E-state index is 12.9. The molecule has 0 radical (unpaired) electrons. The molecule has 1 atom stereocenters. The monoisotopic (exact) mass is 452 g/mol. The highest BCUT2D eigenvalue weighted by Gasteiger charge is 2.30. The van der Waals surface area contributed by atoms with Crippen LogP contribution in [-0.4, -0.2) is 20.6 Å². The molecule has 0 aliphatic rings. The number of aromatic nitrogens is 2. The Morgan fingerprint density at radius 3 is 2.27 bits per heavy atom. The number of nitrogens with zero attached hydrogens (tertiary/aromatic N) is 2. The summed E-state index contributed by atoms with van der Waals surface area (Å²) in [5.74, 6) is -0.679. The normalized spacial score (nSPS) is 12.9. The molecule has 4 rings (SSSR count). The zero-order valence-corrected chi connectivity index (χ0v) is 18.2. The van der Waals surface area contributed by atoms with Crippen LogP contribution in [0.4, 0.5) is 13.2 Å². The minimum absolute atomic E-state index is 0.000550. The lowest BCUT2D eigenvalue weighted by molar-refractivity contribution is -0.137. The maximum Gasteiger partial charge on any atom is 0.416 e. The van der Waals surface area contributed by atoms with Crippen LogP contribution in [0.3, 0.4) is 0 Å². The molecule has 2 heterocycles. The third-order valence-electron chi connectivity index (χ3n) is 5.69. The molecule has 170 valence electrons.